The standard InChI is InChI=1S/C17H25NO/c1-6-17(7-2,12-18)8-9-19-16-14(4)10-13(3)11-15(16)5/h10-11H,6-9H2,1-5H3. The van der Waals surface area contributed by atoms with Crippen LogP contribution in [0.1, 0.15) is 49.8 Å². The van der Waals surface area contributed by atoms with Crippen molar-refractivity contribution < 1.29 is 4.74 Å². The zero-order valence-corrected chi connectivity index (χ0v) is 12.8. The number of rotatable bonds is 6. The Morgan fingerprint density at radius 3 is 2.05 bits per heavy atom. The quantitative estimate of drug-likeness (QED) is 0.741. The Morgan fingerprint density at radius 2 is 1.63 bits per heavy atom. The third-order valence-electron chi connectivity index (χ3n) is 4.02. The van der Waals surface area contributed by atoms with E-state index in [1.807, 2.05) is 0 Å². The topological polar surface area (TPSA) is 33.0 Å². The van der Waals surface area contributed by atoms with E-state index in [4.69, 9.17) is 4.74 Å². The minimum atomic E-state index is -0.230. The lowest BCUT2D eigenvalue weighted by atomic mass is 9.81. The number of nitrogens with zero attached hydrogens (tertiary/aromatic N) is 1. The average Bonchev–Trinajstić information content (AvgIpc) is 2.38. The van der Waals surface area contributed by atoms with E-state index in [0.717, 1.165) is 25.0 Å². The molecule has 0 saturated heterocycles. The lowest BCUT2D eigenvalue weighted by molar-refractivity contribution is 0.229. The van der Waals surface area contributed by atoms with Crippen LogP contribution in [0.3, 0.4) is 0 Å². The summed E-state index contributed by atoms with van der Waals surface area (Å²) >= 11 is 0. The lowest BCUT2D eigenvalue weighted by Crippen LogP contribution is -2.20. The van der Waals surface area contributed by atoms with Gasteiger partial charge in [-0.1, -0.05) is 31.5 Å². The molecule has 0 unspecified atom stereocenters. The summed E-state index contributed by atoms with van der Waals surface area (Å²) in [5.41, 5.74) is 3.38. The summed E-state index contributed by atoms with van der Waals surface area (Å²) in [6.07, 6.45) is 2.56. The normalized spacial score (nSPS) is 11.2. The summed E-state index contributed by atoms with van der Waals surface area (Å²) in [5, 5.41) is 9.31. The van der Waals surface area contributed by atoms with Crippen molar-refractivity contribution in [3.8, 4) is 11.8 Å². The van der Waals surface area contributed by atoms with Gasteiger partial charge in [-0.05, 0) is 44.7 Å². The fraction of sp³-hybridized carbons (Fsp3) is 0.588. The number of hydrogen-bond donors (Lipinski definition) is 0. The molecule has 0 radical (unpaired) electrons. The van der Waals surface area contributed by atoms with Gasteiger partial charge in [0.25, 0.3) is 0 Å². The van der Waals surface area contributed by atoms with Crippen molar-refractivity contribution >= 4 is 0 Å². The van der Waals surface area contributed by atoms with Crippen molar-refractivity contribution in [1.29, 1.82) is 5.26 Å². The van der Waals surface area contributed by atoms with Crippen LogP contribution in [0.15, 0.2) is 12.1 Å². The molecular formula is C17H25NO. The van der Waals surface area contributed by atoms with Gasteiger partial charge in [0.1, 0.15) is 5.75 Å². The monoisotopic (exact) mass is 259 g/mol. The Kier molecular flexibility index (Phi) is 5.42. The average molecular weight is 259 g/mol. The Balaban J connectivity index is 2.71. The fourth-order valence-electron chi connectivity index (χ4n) is 2.56. The second-order valence-corrected chi connectivity index (χ2v) is 5.43. The van der Waals surface area contributed by atoms with Gasteiger partial charge in [-0.15, -0.1) is 0 Å². The third kappa shape index (κ3) is 3.73. The highest BCUT2D eigenvalue weighted by Crippen LogP contribution is 2.31. The summed E-state index contributed by atoms with van der Waals surface area (Å²) < 4.78 is 5.93. The molecule has 1 aromatic rings. The van der Waals surface area contributed by atoms with Crippen molar-refractivity contribution in [3.63, 3.8) is 0 Å². The molecule has 0 aromatic heterocycles. The van der Waals surface area contributed by atoms with Crippen LogP contribution in [-0.2, 0) is 0 Å². The maximum absolute atomic E-state index is 9.31. The number of benzene rings is 1. The summed E-state index contributed by atoms with van der Waals surface area (Å²) in [5.74, 6) is 0.977. The predicted molar refractivity (Wildman–Crippen MR) is 79.4 cm³/mol. The zero-order chi connectivity index (χ0) is 14.5. The summed E-state index contributed by atoms with van der Waals surface area (Å²) in [6.45, 7) is 11.0. The van der Waals surface area contributed by atoms with Crippen LogP contribution in [0.2, 0.25) is 0 Å². The first-order valence-electron chi connectivity index (χ1n) is 7.10. The summed E-state index contributed by atoms with van der Waals surface area (Å²) in [6, 6.07) is 6.74. The molecule has 1 aromatic carbocycles. The SMILES string of the molecule is CCC(C#N)(CC)CCOc1c(C)cc(C)cc1C. The van der Waals surface area contributed by atoms with E-state index in [0.29, 0.717) is 6.61 Å². The van der Waals surface area contributed by atoms with Gasteiger partial charge in [0, 0.05) is 6.42 Å². The highest BCUT2D eigenvalue weighted by Gasteiger charge is 2.25. The van der Waals surface area contributed by atoms with E-state index in [1.165, 1.54) is 16.7 Å². The van der Waals surface area contributed by atoms with Crippen LogP contribution in [0.5, 0.6) is 5.75 Å². The van der Waals surface area contributed by atoms with Crippen LogP contribution in [-0.4, -0.2) is 6.61 Å². The molecule has 0 atom stereocenters. The number of aryl methyl sites for hydroxylation is 3. The van der Waals surface area contributed by atoms with Crippen molar-refractivity contribution in [2.75, 3.05) is 6.61 Å². The molecule has 19 heavy (non-hydrogen) atoms. The van der Waals surface area contributed by atoms with Gasteiger partial charge in [-0.3, -0.25) is 0 Å². The molecule has 0 aliphatic carbocycles. The van der Waals surface area contributed by atoms with Gasteiger partial charge in [-0.25, -0.2) is 0 Å². The number of ether oxygens (including phenoxy) is 1. The van der Waals surface area contributed by atoms with Gasteiger partial charge in [0.2, 0.25) is 0 Å². The third-order valence-corrected chi connectivity index (χ3v) is 4.02. The molecule has 0 saturated carbocycles. The molecule has 0 heterocycles. The molecule has 0 spiro atoms. The van der Waals surface area contributed by atoms with Gasteiger partial charge in [-0.2, -0.15) is 5.26 Å². The van der Waals surface area contributed by atoms with Crippen molar-refractivity contribution in [2.24, 2.45) is 5.41 Å². The Labute approximate surface area is 117 Å². The molecule has 0 amide bonds. The van der Waals surface area contributed by atoms with Crippen LogP contribution in [0.4, 0.5) is 0 Å². The summed E-state index contributed by atoms with van der Waals surface area (Å²) in [7, 11) is 0. The van der Waals surface area contributed by atoms with Crippen molar-refractivity contribution in [2.45, 2.75) is 53.9 Å². The minimum Gasteiger partial charge on any atom is -0.493 e. The first-order chi connectivity index (χ1) is 8.98. The largest absolute Gasteiger partial charge is 0.493 e. The van der Waals surface area contributed by atoms with Crippen LogP contribution in [0.25, 0.3) is 0 Å². The second-order valence-electron chi connectivity index (χ2n) is 5.43. The van der Waals surface area contributed by atoms with E-state index < -0.39 is 0 Å². The van der Waals surface area contributed by atoms with Crippen molar-refractivity contribution in [3.05, 3.63) is 28.8 Å². The summed E-state index contributed by atoms with van der Waals surface area (Å²) in [4.78, 5) is 0. The van der Waals surface area contributed by atoms with Crippen LogP contribution < -0.4 is 4.74 Å². The molecule has 0 bridgehead atoms. The van der Waals surface area contributed by atoms with Crippen molar-refractivity contribution in [1.82, 2.24) is 0 Å². The smallest absolute Gasteiger partial charge is 0.125 e. The Morgan fingerprint density at radius 1 is 1.11 bits per heavy atom. The molecule has 1 rings (SSSR count). The highest BCUT2D eigenvalue weighted by atomic mass is 16.5. The molecular weight excluding hydrogens is 234 g/mol. The molecule has 2 nitrogen and oxygen atoms in total. The maximum Gasteiger partial charge on any atom is 0.125 e. The minimum absolute atomic E-state index is 0.230. The maximum atomic E-state index is 9.31. The molecule has 0 fully saturated rings. The molecule has 104 valence electrons. The van der Waals surface area contributed by atoms with Gasteiger partial charge in [0.05, 0.1) is 18.1 Å². The zero-order valence-electron chi connectivity index (χ0n) is 12.8. The van der Waals surface area contributed by atoms with E-state index in [2.05, 4.69) is 52.8 Å². The molecule has 0 N–H and O–H groups in total. The fourth-order valence-corrected chi connectivity index (χ4v) is 2.56. The van der Waals surface area contributed by atoms with Gasteiger partial charge < -0.3 is 4.74 Å². The lowest BCUT2D eigenvalue weighted by Gasteiger charge is -2.23. The first kappa shape index (κ1) is 15.6. The Bertz CT molecular complexity index is 444. The second kappa shape index (κ2) is 6.61. The van der Waals surface area contributed by atoms with Gasteiger partial charge in [0.15, 0.2) is 0 Å². The van der Waals surface area contributed by atoms with E-state index in [9.17, 15) is 5.26 Å². The predicted octanol–water partition coefficient (Wildman–Crippen LogP) is 4.71. The van der Waals surface area contributed by atoms with E-state index in [-0.39, 0.29) is 5.41 Å². The number of hydrogen-bond acceptors (Lipinski definition) is 2. The number of nitriles is 1. The van der Waals surface area contributed by atoms with E-state index >= 15 is 0 Å². The Hall–Kier alpha value is -1.49. The molecule has 2 heteroatoms. The molecule has 0 aliphatic rings. The van der Waals surface area contributed by atoms with Crippen LogP contribution in [0, 0.1) is 37.5 Å². The highest BCUT2D eigenvalue weighted by molar-refractivity contribution is 5.42. The van der Waals surface area contributed by atoms with Gasteiger partial charge >= 0.3 is 0 Å². The molecule has 0 aliphatic heterocycles. The van der Waals surface area contributed by atoms with Crippen LogP contribution >= 0.6 is 0 Å². The first-order valence-corrected chi connectivity index (χ1v) is 7.10. The van der Waals surface area contributed by atoms with E-state index in [1.54, 1.807) is 0 Å².